The van der Waals surface area contributed by atoms with E-state index < -0.39 is 0 Å². The van der Waals surface area contributed by atoms with Gasteiger partial charge in [-0.05, 0) is 23.7 Å². The summed E-state index contributed by atoms with van der Waals surface area (Å²) >= 11 is 0. The van der Waals surface area contributed by atoms with Crippen molar-refractivity contribution in [3.63, 3.8) is 0 Å². The van der Waals surface area contributed by atoms with Crippen LogP contribution in [0, 0.1) is 23.7 Å². The number of hydrogen-bond donors (Lipinski definition) is 4. The molecule has 0 aromatic rings. The second kappa shape index (κ2) is 28.7. The minimum atomic E-state index is 0. The van der Waals surface area contributed by atoms with E-state index in [1.165, 1.54) is 0 Å². The van der Waals surface area contributed by atoms with Gasteiger partial charge in [-0.25, -0.2) is 0 Å². The van der Waals surface area contributed by atoms with Gasteiger partial charge in [-0.15, -0.1) is 0 Å². The molecule has 0 radical (unpaired) electrons. The van der Waals surface area contributed by atoms with Crippen LogP contribution in [0.1, 0.15) is 55.4 Å². The van der Waals surface area contributed by atoms with Crippen molar-refractivity contribution >= 4 is 0 Å². The topological polar surface area (TPSA) is 80.9 Å². The van der Waals surface area contributed by atoms with Crippen molar-refractivity contribution in [2.24, 2.45) is 23.7 Å². The summed E-state index contributed by atoms with van der Waals surface area (Å²) in [6.07, 6.45) is 0. The van der Waals surface area contributed by atoms with Crippen molar-refractivity contribution in [2.75, 3.05) is 26.4 Å². The molecule has 0 bridgehead atoms. The number of rotatable bonds is 4. The molecule has 0 aliphatic rings. The summed E-state index contributed by atoms with van der Waals surface area (Å²) < 4.78 is 0. The smallest absolute Gasteiger partial charge is 0.0453 e. The minimum Gasteiger partial charge on any atom is -0.396 e. The quantitative estimate of drug-likeness (QED) is 0.499. The molecule has 0 aliphatic heterocycles. The van der Waals surface area contributed by atoms with Gasteiger partial charge in [-0.3, -0.25) is 0 Å². The van der Waals surface area contributed by atoms with Gasteiger partial charge in [0.2, 0.25) is 0 Å². The molecule has 0 spiro atoms. The maximum absolute atomic E-state index is 8.14. The van der Waals surface area contributed by atoms with Crippen molar-refractivity contribution in [3.8, 4) is 0 Å². The molecule has 0 fully saturated rings. The summed E-state index contributed by atoms with van der Waals surface area (Å²) in [4.78, 5) is 0. The maximum atomic E-state index is 8.14. The first-order valence-electron chi connectivity index (χ1n) is 7.52. The molecule has 0 aliphatic carbocycles. The van der Waals surface area contributed by atoms with Crippen LogP contribution in [0.3, 0.4) is 0 Å². The molecule has 4 N–H and O–H groups in total. The van der Waals surface area contributed by atoms with Crippen LogP contribution in [-0.4, -0.2) is 46.9 Å². The van der Waals surface area contributed by atoms with Crippen molar-refractivity contribution < 1.29 is 41.5 Å². The average molecular weight is 480 g/mol. The van der Waals surface area contributed by atoms with Crippen molar-refractivity contribution in [3.05, 3.63) is 0 Å². The standard InChI is InChI=1S/4C4H10O.W/c4*1-4(2)3-5;/h4*4-5H,3H2,1-2H3;. The monoisotopic (exact) mass is 480 g/mol. The van der Waals surface area contributed by atoms with E-state index in [1.807, 2.05) is 55.4 Å². The minimum absolute atomic E-state index is 0. The Kier molecular flexibility index (Phi) is 45.3. The Morgan fingerprint density at radius 1 is 0.429 bits per heavy atom. The van der Waals surface area contributed by atoms with E-state index in [2.05, 4.69) is 0 Å². The summed E-state index contributed by atoms with van der Waals surface area (Å²) in [5.74, 6) is 1.76. The van der Waals surface area contributed by atoms with E-state index >= 15 is 0 Å². The summed E-state index contributed by atoms with van der Waals surface area (Å²) in [5.41, 5.74) is 0. The van der Waals surface area contributed by atoms with Gasteiger partial charge in [0, 0.05) is 47.5 Å². The van der Waals surface area contributed by atoms with E-state index in [0.717, 1.165) is 0 Å². The largest absolute Gasteiger partial charge is 0.396 e. The van der Waals surface area contributed by atoms with Crippen LogP contribution >= 0.6 is 0 Å². The van der Waals surface area contributed by atoms with Gasteiger partial charge < -0.3 is 20.4 Å². The zero-order valence-electron chi connectivity index (χ0n) is 15.3. The van der Waals surface area contributed by atoms with E-state index in [4.69, 9.17) is 20.4 Å². The molecule has 0 saturated carbocycles. The third-order valence-corrected chi connectivity index (χ3v) is 1.46. The summed E-state index contributed by atoms with van der Waals surface area (Å²) in [6.45, 7) is 17.0. The van der Waals surface area contributed by atoms with Crippen LogP contribution in [-0.2, 0) is 21.1 Å². The predicted octanol–water partition coefficient (Wildman–Crippen LogP) is 2.54. The van der Waals surface area contributed by atoms with Crippen LogP contribution in [0.5, 0.6) is 0 Å². The van der Waals surface area contributed by atoms with Crippen LogP contribution < -0.4 is 0 Å². The van der Waals surface area contributed by atoms with Crippen LogP contribution in [0.25, 0.3) is 0 Å². The first kappa shape index (κ1) is 33.2. The van der Waals surface area contributed by atoms with Gasteiger partial charge in [0.1, 0.15) is 0 Å². The molecular formula is C16H40O4W. The van der Waals surface area contributed by atoms with Crippen LogP contribution in [0.2, 0.25) is 0 Å². The maximum Gasteiger partial charge on any atom is 0.0453 e. The molecule has 0 aromatic heterocycles. The molecule has 0 heterocycles. The molecule has 0 saturated heterocycles. The molecule has 4 nitrogen and oxygen atoms in total. The van der Waals surface area contributed by atoms with Crippen LogP contribution in [0.4, 0.5) is 0 Å². The Hall–Kier alpha value is 0.528. The molecule has 5 heteroatoms. The summed E-state index contributed by atoms with van der Waals surface area (Å²) in [5, 5.41) is 32.6. The Labute approximate surface area is 147 Å². The zero-order valence-corrected chi connectivity index (χ0v) is 18.3. The molecule has 21 heavy (non-hydrogen) atoms. The first-order valence-corrected chi connectivity index (χ1v) is 7.52. The average Bonchev–Trinajstić information content (AvgIpc) is 2.40. The number of aliphatic hydroxyl groups is 4. The van der Waals surface area contributed by atoms with Crippen LogP contribution in [0.15, 0.2) is 0 Å². The second-order valence-electron chi connectivity index (χ2n) is 6.31. The molecule has 0 unspecified atom stereocenters. The zero-order chi connectivity index (χ0) is 17.1. The van der Waals surface area contributed by atoms with Gasteiger partial charge in [-0.1, -0.05) is 55.4 Å². The van der Waals surface area contributed by atoms with Crippen molar-refractivity contribution in [1.82, 2.24) is 0 Å². The summed E-state index contributed by atoms with van der Waals surface area (Å²) in [7, 11) is 0. The fraction of sp³-hybridized carbons (Fsp3) is 1.00. The molecule has 134 valence electrons. The molecule has 0 aromatic carbocycles. The first-order chi connectivity index (χ1) is 9.08. The molecule has 0 rings (SSSR count). The molecule has 0 amide bonds. The molecule has 0 atom stereocenters. The summed E-state index contributed by atoms with van der Waals surface area (Å²) in [6, 6.07) is 0. The van der Waals surface area contributed by atoms with Gasteiger partial charge in [-0.2, -0.15) is 0 Å². The predicted molar refractivity (Wildman–Crippen MR) is 87.7 cm³/mol. The van der Waals surface area contributed by atoms with Gasteiger partial charge in [0.15, 0.2) is 0 Å². The van der Waals surface area contributed by atoms with Gasteiger partial charge in [0.25, 0.3) is 0 Å². The SMILES string of the molecule is CC(C)CO.CC(C)CO.CC(C)CO.CC(C)CO.[W]. The van der Waals surface area contributed by atoms with Gasteiger partial charge >= 0.3 is 0 Å². The van der Waals surface area contributed by atoms with Gasteiger partial charge in [0.05, 0.1) is 0 Å². The van der Waals surface area contributed by atoms with E-state index in [9.17, 15) is 0 Å². The fourth-order valence-electron chi connectivity index (χ4n) is 0. The Bertz CT molecular complexity index is 108. The van der Waals surface area contributed by atoms with Crippen molar-refractivity contribution in [2.45, 2.75) is 55.4 Å². The van der Waals surface area contributed by atoms with Crippen molar-refractivity contribution in [1.29, 1.82) is 0 Å². The number of hydrogen-bond acceptors (Lipinski definition) is 4. The number of aliphatic hydroxyl groups excluding tert-OH is 4. The Balaban J connectivity index is -0.0000000533. The van der Waals surface area contributed by atoms with E-state index in [-0.39, 0.29) is 21.1 Å². The Morgan fingerprint density at radius 3 is 0.476 bits per heavy atom. The van der Waals surface area contributed by atoms with E-state index in [0.29, 0.717) is 50.1 Å². The normalized spacial score (nSPS) is 9.14. The fourth-order valence-corrected chi connectivity index (χ4v) is 0. The Morgan fingerprint density at radius 2 is 0.476 bits per heavy atom. The molecular weight excluding hydrogens is 440 g/mol. The third-order valence-electron chi connectivity index (χ3n) is 1.46. The van der Waals surface area contributed by atoms with E-state index in [1.54, 1.807) is 0 Å². The third kappa shape index (κ3) is 96.9. The second-order valence-corrected chi connectivity index (χ2v) is 6.31.